The number of halogens is 1. The van der Waals surface area contributed by atoms with Crippen LogP contribution in [0.2, 0.25) is 5.02 Å². The number of anilines is 1. The predicted molar refractivity (Wildman–Crippen MR) is 66.1 cm³/mol. The van der Waals surface area contributed by atoms with Crippen molar-refractivity contribution in [1.29, 1.82) is 0 Å². The topological polar surface area (TPSA) is 83.7 Å². The number of hydrogen-bond donors (Lipinski definition) is 1. The van der Waals surface area contributed by atoms with Crippen molar-refractivity contribution >= 4 is 28.9 Å². The largest absolute Gasteiger partial charge is 0.480 e. The van der Waals surface area contributed by atoms with E-state index >= 15 is 0 Å². The molecular formula is C11H11ClN2O4. The van der Waals surface area contributed by atoms with Crippen LogP contribution in [-0.4, -0.2) is 28.6 Å². The first-order chi connectivity index (χ1) is 8.50. The summed E-state index contributed by atoms with van der Waals surface area (Å²) in [5.74, 6) is -0.961. The Hall–Kier alpha value is -1.82. The van der Waals surface area contributed by atoms with Crippen LogP contribution in [0.3, 0.4) is 0 Å². The van der Waals surface area contributed by atoms with Gasteiger partial charge in [0.15, 0.2) is 0 Å². The minimum Gasteiger partial charge on any atom is -0.480 e. The normalized spacial score (nSPS) is 18.9. The van der Waals surface area contributed by atoms with Crippen LogP contribution >= 0.6 is 11.6 Å². The molecule has 1 N–H and O–H groups in total. The molecule has 2 rings (SSSR count). The summed E-state index contributed by atoms with van der Waals surface area (Å²) in [6, 6.07) is 3.57. The Morgan fingerprint density at radius 3 is 2.89 bits per heavy atom. The average molecular weight is 271 g/mol. The van der Waals surface area contributed by atoms with Gasteiger partial charge in [0.2, 0.25) is 0 Å². The fraction of sp³-hybridized carbons (Fsp3) is 0.364. The quantitative estimate of drug-likeness (QED) is 0.673. The van der Waals surface area contributed by atoms with Gasteiger partial charge in [-0.25, -0.2) is 4.79 Å². The molecule has 1 atom stereocenters. The van der Waals surface area contributed by atoms with Gasteiger partial charge in [0, 0.05) is 17.6 Å². The summed E-state index contributed by atoms with van der Waals surface area (Å²) in [6.07, 6.45) is 1.20. The van der Waals surface area contributed by atoms with E-state index in [1.807, 2.05) is 0 Å². The van der Waals surface area contributed by atoms with E-state index in [2.05, 4.69) is 0 Å². The molecule has 1 heterocycles. The molecular weight excluding hydrogens is 260 g/mol. The van der Waals surface area contributed by atoms with Crippen LogP contribution in [0.15, 0.2) is 18.2 Å². The zero-order chi connectivity index (χ0) is 13.3. The molecule has 0 aliphatic carbocycles. The van der Waals surface area contributed by atoms with Crippen LogP contribution in [0, 0.1) is 10.1 Å². The van der Waals surface area contributed by atoms with Crippen molar-refractivity contribution in [2.24, 2.45) is 0 Å². The molecule has 1 fully saturated rings. The highest BCUT2D eigenvalue weighted by Crippen LogP contribution is 2.35. The molecule has 96 valence electrons. The number of carboxylic acids is 1. The third kappa shape index (κ3) is 2.24. The number of aliphatic carboxylic acids is 1. The van der Waals surface area contributed by atoms with E-state index in [0.29, 0.717) is 25.1 Å². The fourth-order valence-corrected chi connectivity index (χ4v) is 2.36. The maximum absolute atomic E-state index is 11.1. The second-order valence-electron chi connectivity index (χ2n) is 4.08. The Bertz CT molecular complexity index is 506. The summed E-state index contributed by atoms with van der Waals surface area (Å²) < 4.78 is 0. The highest BCUT2D eigenvalue weighted by Gasteiger charge is 2.34. The van der Waals surface area contributed by atoms with Gasteiger partial charge in [-0.3, -0.25) is 10.1 Å². The molecule has 1 aliphatic heterocycles. The minimum atomic E-state index is -0.961. The van der Waals surface area contributed by atoms with Gasteiger partial charge < -0.3 is 10.0 Å². The molecule has 1 unspecified atom stereocenters. The van der Waals surface area contributed by atoms with Gasteiger partial charge >= 0.3 is 5.97 Å². The van der Waals surface area contributed by atoms with E-state index in [-0.39, 0.29) is 10.7 Å². The number of rotatable bonds is 3. The number of hydrogen-bond acceptors (Lipinski definition) is 4. The molecule has 6 nitrogen and oxygen atoms in total. The molecule has 1 aliphatic rings. The van der Waals surface area contributed by atoms with E-state index in [4.69, 9.17) is 16.7 Å². The third-order valence-electron chi connectivity index (χ3n) is 2.98. The van der Waals surface area contributed by atoms with Crippen LogP contribution < -0.4 is 4.90 Å². The summed E-state index contributed by atoms with van der Waals surface area (Å²) in [5, 5.41) is 20.3. The first-order valence-electron chi connectivity index (χ1n) is 5.44. The van der Waals surface area contributed by atoms with Gasteiger partial charge in [-0.05, 0) is 25.0 Å². The lowest BCUT2D eigenvalue weighted by molar-refractivity contribution is -0.384. The molecule has 0 radical (unpaired) electrons. The van der Waals surface area contributed by atoms with Crippen molar-refractivity contribution in [1.82, 2.24) is 0 Å². The predicted octanol–water partition coefficient (Wildman–Crippen LogP) is 2.30. The lowest BCUT2D eigenvalue weighted by Gasteiger charge is -2.23. The second kappa shape index (κ2) is 4.81. The minimum absolute atomic E-state index is 0.157. The smallest absolute Gasteiger partial charge is 0.326 e. The number of nitrogens with zero attached hydrogens (tertiary/aromatic N) is 2. The number of benzene rings is 1. The highest BCUT2D eigenvalue weighted by atomic mass is 35.5. The van der Waals surface area contributed by atoms with E-state index < -0.39 is 16.9 Å². The maximum Gasteiger partial charge on any atom is 0.326 e. The first-order valence-corrected chi connectivity index (χ1v) is 5.82. The summed E-state index contributed by atoms with van der Waals surface area (Å²) in [7, 11) is 0. The Kier molecular flexibility index (Phi) is 3.38. The lowest BCUT2D eigenvalue weighted by Crippen LogP contribution is -2.36. The van der Waals surface area contributed by atoms with Gasteiger partial charge in [0.1, 0.15) is 11.7 Å². The average Bonchev–Trinajstić information content (AvgIpc) is 2.77. The molecule has 1 aromatic rings. The van der Waals surface area contributed by atoms with Crippen molar-refractivity contribution in [3.8, 4) is 0 Å². The molecule has 7 heteroatoms. The molecule has 0 saturated carbocycles. The summed E-state index contributed by atoms with van der Waals surface area (Å²) in [5.41, 5.74) is 0.157. The van der Waals surface area contributed by atoms with Crippen molar-refractivity contribution in [2.45, 2.75) is 18.9 Å². The number of nitro groups is 1. The van der Waals surface area contributed by atoms with Crippen molar-refractivity contribution < 1.29 is 14.8 Å². The molecule has 1 saturated heterocycles. The zero-order valence-corrected chi connectivity index (χ0v) is 10.1. The summed E-state index contributed by atoms with van der Waals surface area (Å²) in [6.45, 7) is 0.499. The van der Waals surface area contributed by atoms with Gasteiger partial charge in [0.05, 0.1) is 4.92 Å². The number of carbonyl (C=O) groups is 1. The Morgan fingerprint density at radius 1 is 1.56 bits per heavy atom. The third-order valence-corrected chi connectivity index (χ3v) is 3.22. The van der Waals surface area contributed by atoms with Crippen LogP contribution in [0.5, 0.6) is 0 Å². The Morgan fingerprint density at radius 2 is 2.28 bits per heavy atom. The van der Waals surface area contributed by atoms with Crippen LogP contribution in [0.1, 0.15) is 12.8 Å². The molecule has 0 aromatic heterocycles. The Balaban J connectivity index is 2.44. The van der Waals surface area contributed by atoms with Gasteiger partial charge in [-0.2, -0.15) is 0 Å². The first kappa shape index (κ1) is 12.6. The summed E-state index contributed by atoms with van der Waals surface area (Å²) in [4.78, 5) is 23.1. The van der Waals surface area contributed by atoms with Gasteiger partial charge in [0.25, 0.3) is 5.69 Å². The van der Waals surface area contributed by atoms with Crippen molar-refractivity contribution in [3.05, 3.63) is 33.3 Å². The molecule has 0 spiro atoms. The molecule has 1 aromatic carbocycles. The summed E-state index contributed by atoms with van der Waals surface area (Å²) >= 11 is 5.73. The van der Waals surface area contributed by atoms with Crippen LogP contribution in [0.25, 0.3) is 0 Å². The van der Waals surface area contributed by atoms with E-state index in [9.17, 15) is 14.9 Å². The number of carboxylic acid groups (broad SMARTS) is 1. The van der Waals surface area contributed by atoms with Crippen molar-refractivity contribution in [3.63, 3.8) is 0 Å². The highest BCUT2D eigenvalue weighted by molar-refractivity contribution is 6.30. The maximum atomic E-state index is 11.1. The standard InChI is InChI=1S/C11H11ClN2O4/c12-7-3-4-8(10(6-7)14(17)18)13-5-1-2-9(13)11(15)16/h3-4,6,9H,1-2,5H2,(H,15,16). The Labute approximate surface area is 108 Å². The monoisotopic (exact) mass is 270 g/mol. The van der Waals surface area contributed by atoms with E-state index in [0.717, 1.165) is 0 Å². The van der Waals surface area contributed by atoms with Gasteiger partial charge in [-0.1, -0.05) is 11.6 Å². The van der Waals surface area contributed by atoms with Crippen LogP contribution in [-0.2, 0) is 4.79 Å². The van der Waals surface area contributed by atoms with Crippen LogP contribution in [0.4, 0.5) is 11.4 Å². The number of nitro benzene ring substituents is 1. The van der Waals surface area contributed by atoms with E-state index in [1.54, 1.807) is 4.90 Å². The van der Waals surface area contributed by atoms with E-state index in [1.165, 1.54) is 18.2 Å². The molecule has 0 amide bonds. The lowest BCUT2D eigenvalue weighted by atomic mass is 10.2. The molecule has 18 heavy (non-hydrogen) atoms. The van der Waals surface area contributed by atoms with Gasteiger partial charge in [-0.15, -0.1) is 0 Å². The zero-order valence-electron chi connectivity index (χ0n) is 9.38. The SMILES string of the molecule is O=C(O)C1CCCN1c1ccc(Cl)cc1[N+](=O)[O-]. The fourth-order valence-electron chi connectivity index (χ4n) is 2.20. The van der Waals surface area contributed by atoms with Crippen molar-refractivity contribution in [2.75, 3.05) is 11.4 Å². The molecule has 0 bridgehead atoms. The second-order valence-corrected chi connectivity index (χ2v) is 4.52.